The smallest absolute Gasteiger partial charge is 0.241 e. The number of aromatic nitrogens is 2. The summed E-state index contributed by atoms with van der Waals surface area (Å²) in [4.78, 5) is 5.79. The van der Waals surface area contributed by atoms with Gasteiger partial charge < -0.3 is 9.63 Å². The van der Waals surface area contributed by atoms with E-state index < -0.39 is 17.5 Å². The fourth-order valence-corrected chi connectivity index (χ4v) is 1.87. The molecule has 0 fully saturated rings. The number of rotatable bonds is 7. The SMILES string of the molecule is C=CCN(CCO)Cc1nc(-c2cc(F)c(F)c(F)c2)no1. The molecule has 22 heavy (non-hydrogen) atoms. The Morgan fingerprint density at radius 2 is 1.95 bits per heavy atom. The first kappa shape index (κ1) is 16.2. The van der Waals surface area contributed by atoms with Gasteiger partial charge in [-0.2, -0.15) is 4.98 Å². The number of halogens is 3. The van der Waals surface area contributed by atoms with Crippen LogP contribution < -0.4 is 0 Å². The van der Waals surface area contributed by atoms with Gasteiger partial charge in [-0.15, -0.1) is 6.58 Å². The molecule has 1 N–H and O–H groups in total. The first-order chi connectivity index (χ1) is 10.5. The largest absolute Gasteiger partial charge is 0.395 e. The summed E-state index contributed by atoms with van der Waals surface area (Å²) in [5.74, 6) is -4.04. The molecule has 0 spiro atoms. The number of benzene rings is 1. The van der Waals surface area contributed by atoms with Gasteiger partial charge in [-0.3, -0.25) is 4.90 Å². The minimum Gasteiger partial charge on any atom is -0.395 e. The van der Waals surface area contributed by atoms with Crippen molar-refractivity contribution in [1.82, 2.24) is 15.0 Å². The monoisotopic (exact) mass is 313 g/mol. The highest BCUT2D eigenvalue weighted by atomic mass is 19.2. The molecule has 0 aliphatic carbocycles. The van der Waals surface area contributed by atoms with Gasteiger partial charge in [-0.25, -0.2) is 13.2 Å². The predicted octanol–water partition coefficient (Wildman–Crippen LogP) is 2.13. The van der Waals surface area contributed by atoms with Gasteiger partial charge in [0.1, 0.15) is 0 Å². The van der Waals surface area contributed by atoms with Gasteiger partial charge in [-0.05, 0) is 12.1 Å². The van der Waals surface area contributed by atoms with Crippen molar-refractivity contribution in [2.75, 3.05) is 19.7 Å². The Labute approximate surface area is 124 Å². The van der Waals surface area contributed by atoms with Crippen LogP contribution in [0.4, 0.5) is 13.2 Å². The lowest BCUT2D eigenvalue weighted by Gasteiger charge is -2.16. The average molecular weight is 313 g/mol. The quantitative estimate of drug-likeness (QED) is 0.627. The molecule has 2 rings (SSSR count). The summed E-state index contributed by atoms with van der Waals surface area (Å²) >= 11 is 0. The summed E-state index contributed by atoms with van der Waals surface area (Å²) < 4.78 is 44.3. The second-order valence-corrected chi connectivity index (χ2v) is 4.51. The Bertz CT molecular complexity index is 638. The molecule has 0 aliphatic rings. The van der Waals surface area contributed by atoms with Crippen LogP contribution >= 0.6 is 0 Å². The molecular formula is C14H14F3N3O2. The van der Waals surface area contributed by atoms with Gasteiger partial charge in [0.15, 0.2) is 17.5 Å². The van der Waals surface area contributed by atoms with Gasteiger partial charge in [0.05, 0.1) is 13.2 Å². The topological polar surface area (TPSA) is 62.4 Å². The lowest BCUT2D eigenvalue weighted by atomic mass is 10.2. The van der Waals surface area contributed by atoms with Gasteiger partial charge in [0, 0.05) is 18.7 Å². The molecule has 0 saturated carbocycles. The predicted molar refractivity (Wildman–Crippen MR) is 72.2 cm³/mol. The highest BCUT2D eigenvalue weighted by molar-refractivity contribution is 5.54. The van der Waals surface area contributed by atoms with Crippen LogP contribution in [0.3, 0.4) is 0 Å². The van der Waals surface area contributed by atoms with Gasteiger partial charge in [0.2, 0.25) is 11.7 Å². The molecule has 5 nitrogen and oxygen atoms in total. The van der Waals surface area contributed by atoms with Gasteiger partial charge >= 0.3 is 0 Å². The minimum atomic E-state index is -1.55. The van der Waals surface area contributed by atoms with Gasteiger partial charge in [0.25, 0.3) is 0 Å². The Balaban J connectivity index is 2.19. The summed E-state index contributed by atoms with van der Waals surface area (Å²) in [5.41, 5.74) is -0.0242. The summed E-state index contributed by atoms with van der Waals surface area (Å²) in [6.07, 6.45) is 1.65. The van der Waals surface area contributed by atoms with Crippen LogP contribution in [0.25, 0.3) is 11.4 Å². The van der Waals surface area contributed by atoms with Crippen LogP contribution in [-0.4, -0.2) is 39.8 Å². The molecule has 2 aromatic rings. The number of hydrogen-bond acceptors (Lipinski definition) is 5. The van der Waals surface area contributed by atoms with E-state index in [1.54, 1.807) is 11.0 Å². The third kappa shape index (κ3) is 3.71. The molecule has 8 heteroatoms. The Morgan fingerprint density at radius 1 is 1.27 bits per heavy atom. The zero-order valence-corrected chi connectivity index (χ0v) is 11.6. The molecule has 118 valence electrons. The number of aliphatic hydroxyl groups is 1. The van der Waals surface area contributed by atoms with Crippen molar-refractivity contribution in [3.8, 4) is 11.4 Å². The number of nitrogens with zero attached hydrogens (tertiary/aromatic N) is 3. The Morgan fingerprint density at radius 3 is 2.55 bits per heavy atom. The Kier molecular flexibility index (Phi) is 5.29. The second kappa shape index (κ2) is 7.19. The minimum absolute atomic E-state index is 0.0242. The lowest BCUT2D eigenvalue weighted by molar-refractivity contribution is 0.186. The average Bonchev–Trinajstić information content (AvgIpc) is 2.93. The van der Waals surface area contributed by atoms with Crippen molar-refractivity contribution in [3.05, 3.63) is 48.1 Å². The molecule has 1 aromatic carbocycles. The van der Waals surface area contributed by atoms with Crippen LogP contribution in [0.1, 0.15) is 5.89 Å². The standard InChI is InChI=1S/C14H14F3N3O2/c1-2-3-20(4-5-21)8-12-18-14(19-22-12)9-6-10(15)13(17)11(16)7-9/h2,6-7,21H,1,3-5,8H2. The Hall–Kier alpha value is -2.19. The number of hydrogen-bond donors (Lipinski definition) is 1. The van der Waals surface area contributed by atoms with Crippen LogP contribution in [-0.2, 0) is 6.54 Å². The maximum absolute atomic E-state index is 13.2. The first-order valence-corrected chi connectivity index (χ1v) is 6.46. The zero-order valence-electron chi connectivity index (χ0n) is 11.6. The van der Waals surface area contributed by atoms with E-state index in [-0.39, 0.29) is 30.4 Å². The first-order valence-electron chi connectivity index (χ1n) is 6.46. The van der Waals surface area contributed by atoms with E-state index in [0.717, 1.165) is 12.1 Å². The number of aliphatic hydroxyl groups excluding tert-OH is 1. The second-order valence-electron chi connectivity index (χ2n) is 4.51. The highest BCUT2D eigenvalue weighted by Crippen LogP contribution is 2.21. The van der Waals surface area contributed by atoms with E-state index in [0.29, 0.717) is 13.1 Å². The van der Waals surface area contributed by atoms with Crippen LogP contribution in [0.2, 0.25) is 0 Å². The molecule has 0 aliphatic heterocycles. The molecule has 0 amide bonds. The third-order valence-corrected chi connectivity index (χ3v) is 2.87. The molecular weight excluding hydrogens is 299 g/mol. The van der Waals surface area contributed by atoms with E-state index >= 15 is 0 Å². The maximum atomic E-state index is 13.2. The highest BCUT2D eigenvalue weighted by Gasteiger charge is 2.16. The summed E-state index contributed by atoms with van der Waals surface area (Å²) in [7, 11) is 0. The fraction of sp³-hybridized carbons (Fsp3) is 0.286. The molecule has 0 radical (unpaired) electrons. The van der Waals surface area contributed by atoms with Crippen molar-refractivity contribution in [3.63, 3.8) is 0 Å². The fourth-order valence-electron chi connectivity index (χ4n) is 1.87. The van der Waals surface area contributed by atoms with Crippen molar-refractivity contribution in [1.29, 1.82) is 0 Å². The van der Waals surface area contributed by atoms with Crippen LogP contribution in [0.5, 0.6) is 0 Å². The normalized spacial score (nSPS) is 11.1. The molecule has 0 bridgehead atoms. The van der Waals surface area contributed by atoms with Crippen LogP contribution in [0.15, 0.2) is 29.3 Å². The summed E-state index contributed by atoms with van der Waals surface area (Å²) in [6, 6.07) is 1.59. The van der Waals surface area contributed by atoms with Crippen molar-refractivity contribution in [2.24, 2.45) is 0 Å². The van der Waals surface area contributed by atoms with E-state index in [1.807, 2.05) is 0 Å². The van der Waals surface area contributed by atoms with Crippen molar-refractivity contribution in [2.45, 2.75) is 6.54 Å². The molecule has 0 unspecified atom stereocenters. The van der Waals surface area contributed by atoms with Crippen LogP contribution in [0, 0.1) is 17.5 Å². The third-order valence-electron chi connectivity index (χ3n) is 2.87. The molecule has 1 aromatic heterocycles. The van der Waals surface area contributed by atoms with Crippen molar-refractivity contribution < 1.29 is 22.8 Å². The maximum Gasteiger partial charge on any atom is 0.241 e. The molecule has 0 atom stereocenters. The lowest BCUT2D eigenvalue weighted by Crippen LogP contribution is -2.26. The zero-order chi connectivity index (χ0) is 16.1. The molecule has 0 saturated heterocycles. The molecule has 1 heterocycles. The van der Waals surface area contributed by atoms with Crippen molar-refractivity contribution >= 4 is 0 Å². The van der Waals surface area contributed by atoms with E-state index in [4.69, 9.17) is 9.63 Å². The summed E-state index contributed by atoms with van der Waals surface area (Å²) in [6.45, 7) is 4.66. The van der Waals surface area contributed by atoms with E-state index in [1.165, 1.54) is 0 Å². The van der Waals surface area contributed by atoms with Gasteiger partial charge in [-0.1, -0.05) is 11.2 Å². The summed E-state index contributed by atoms with van der Waals surface area (Å²) in [5, 5.41) is 12.6. The van der Waals surface area contributed by atoms with E-state index in [9.17, 15) is 13.2 Å². The van der Waals surface area contributed by atoms with E-state index in [2.05, 4.69) is 16.7 Å².